The normalized spacial score (nSPS) is 18.6. The van der Waals surface area contributed by atoms with Gasteiger partial charge in [0.1, 0.15) is 11.5 Å². The first-order valence-electron chi connectivity index (χ1n) is 9.00. The largest absolute Gasteiger partial charge is 0.390 e. The number of halogens is 1. The van der Waals surface area contributed by atoms with Crippen molar-refractivity contribution in [3.8, 4) is 0 Å². The van der Waals surface area contributed by atoms with Gasteiger partial charge in [-0.1, -0.05) is 18.5 Å². The third kappa shape index (κ3) is 2.97. The van der Waals surface area contributed by atoms with Crippen LogP contribution in [-0.2, 0) is 6.54 Å². The van der Waals surface area contributed by atoms with Gasteiger partial charge in [0.15, 0.2) is 0 Å². The number of piperidine rings is 1. The molecule has 136 valence electrons. The highest BCUT2D eigenvalue weighted by Crippen LogP contribution is 2.30. The third-order valence-corrected chi connectivity index (χ3v) is 5.92. The quantitative estimate of drug-likeness (QED) is 0.897. The fraction of sp³-hybridized carbons (Fsp3) is 0.474. The monoisotopic (exact) mass is 371 g/mol. The molecule has 0 amide bonds. The minimum absolute atomic E-state index is 0.510. The van der Waals surface area contributed by atoms with Gasteiger partial charge in [0.05, 0.1) is 40.5 Å². The van der Waals surface area contributed by atoms with Crippen LogP contribution in [0.3, 0.4) is 0 Å². The average molecular weight is 372 g/mol. The van der Waals surface area contributed by atoms with E-state index in [1.807, 2.05) is 19.9 Å². The van der Waals surface area contributed by atoms with E-state index in [2.05, 4.69) is 19.9 Å². The Balaban J connectivity index is 1.58. The highest BCUT2D eigenvalue weighted by molar-refractivity contribution is 6.36. The number of fused-ring (bicyclic) bond motifs is 1. The smallest absolute Gasteiger partial charge is 0.147 e. The van der Waals surface area contributed by atoms with Crippen molar-refractivity contribution in [1.82, 2.24) is 15.0 Å². The van der Waals surface area contributed by atoms with Crippen molar-refractivity contribution >= 4 is 23.1 Å². The fourth-order valence-corrected chi connectivity index (χ4v) is 3.76. The Morgan fingerprint density at radius 2 is 2.04 bits per heavy atom. The van der Waals surface area contributed by atoms with Gasteiger partial charge in [-0.05, 0) is 32.3 Å². The molecule has 4 rings (SSSR count). The number of aliphatic imine (C=N–C) groups is 1. The maximum atomic E-state index is 10.4. The highest BCUT2D eigenvalue weighted by Gasteiger charge is 2.31. The summed E-state index contributed by atoms with van der Waals surface area (Å²) >= 11 is 6.41. The van der Waals surface area contributed by atoms with Crippen LogP contribution in [0.1, 0.15) is 48.8 Å². The molecule has 0 unspecified atom stereocenters. The van der Waals surface area contributed by atoms with Crippen LogP contribution in [0.5, 0.6) is 0 Å². The molecule has 0 radical (unpaired) electrons. The molecule has 1 saturated heterocycles. The lowest BCUT2D eigenvalue weighted by Crippen LogP contribution is -2.44. The standard InChI is InChI=1S/C19H22ClN5O/c1-3-19(26)5-8-25(9-6-19)15-11-23-18-14(24-15)10-22-17(18)13-4-7-21-12(2)16(13)20/h4,7,11,26H,3,5-6,8-10H2,1-2H3. The minimum Gasteiger partial charge on any atom is -0.390 e. The number of aliphatic hydroxyl groups is 1. The number of aromatic nitrogens is 3. The van der Waals surface area contributed by atoms with Crippen LogP contribution in [0, 0.1) is 6.92 Å². The Kier molecular flexibility index (Phi) is 4.40. The van der Waals surface area contributed by atoms with Crippen LogP contribution in [-0.4, -0.2) is 44.5 Å². The first-order valence-corrected chi connectivity index (χ1v) is 9.38. The lowest BCUT2D eigenvalue weighted by Gasteiger charge is -2.38. The van der Waals surface area contributed by atoms with Gasteiger partial charge in [-0.2, -0.15) is 0 Å². The van der Waals surface area contributed by atoms with E-state index in [9.17, 15) is 5.11 Å². The van der Waals surface area contributed by atoms with Crippen molar-refractivity contribution in [2.45, 2.75) is 45.3 Å². The maximum absolute atomic E-state index is 10.4. The van der Waals surface area contributed by atoms with Gasteiger partial charge in [-0.25, -0.2) is 9.97 Å². The Hall–Kier alpha value is -2.05. The summed E-state index contributed by atoms with van der Waals surface area (Å²) < 4.78 is 0. The van der Waals surface area contributed by atoms with E-state index in [1.165, 1.54) is 0 Å². The Morgan fingerprint density at radius 3 is 2.77 bits per heavy atom. The number of nitrogens with zero attached hydrogens (tertiary/aromatic N) is 5. The van der Waals surface area contributed by atoms with Crippen LogP contribution in [0.4, 0.5) is 5.82 Å². The SMILES string of the molecule is CCC1(O)CCN(c2cnc3c(n2)CN=C3c2ccnc(C)c2Cl)CC1. The summed E-state index contributed by atoms with van der Waals surface area (Å²) in [6.07, 6.45) is 5.85. The Morgan fingerprint density at radius 1 is 1.27 bits per heavy atom. The van der Waals surface area contributed by atoms with Gasteiger partial charge >= 0.3 is 0 Å². The van der Waals surface area contributed by atoms with Gasteiger partial charge in [-0.15, -0.1) is 0 Å². The van der Waals surface area contributed by atoms with E-state index in [0.717, 1.165) is 66.5 Å². The second-order valence-corrected chi connectivity index (χ2v) is 7.39. The second kappa shape index (κ2) is 6.59. The zero-order valence-corrected chi connectivity index (χ0v) is 15.8. The molecule has 26 heavy (non-hydrogen) atoms. The minimum atomic E-state index is -0.535. The molecule has 2 aliphatic heterocycles. The van der Waals surface area contributed by atoms with E-state index in [-0.39, 0.29) is 0 Å². The van der Waals surface area contributed by atoms with Crippen molar-refractivity contribution in [1.29, 1.82) is 0 Å². The lowest BCUT2D eigenvalue weighted by atomic mass is 9.89. The zero-order chi connectivity index (χ0) is 18.3. The van der Waals surface area contributed by atoms with Crippen molar-refractivity contribution in [3.05, 3.63) is 46.1 Å². The van der Waals surface area contributed by atoms with Crippen molar-refractivity contribution < 1.29 is 5.11 Å². The Labute approximate surface area is 158 Å². The first kappa shape index (κ1) is 17.4. The molecule has 2 aromatic rings. The molecule has 0 saturated carbocycles. The van der Waals surface area contributed by atoms with Crippen LogP contribution in [0.15, 0.2) is 23.5 Å². The molecule has 7 heteroatoms. The van der Waals surface area contributed by atoms with Gasteiger partial charge < -0.3 is 10.0 Å². The topological polar surface area (TPSA) is 74.5 Å². The molecule has 0 atom stereocenters. The van der Waals surface area contributed by atoms with E-state index in [1.54, 1.807) is 12.4 Å². The third-order valence-electron chi connectivity index (χ3n) is 5.44. The first-order chi connectivity index (χ1) is 12.5. The van der Waals surface area contributed by atoms with Gasteiger partial charge in [0.2, 0.25) is 0 Å². The molecule has 0 bridgehead atoms. The van der Waals surface area contributed by atoms with Gasteiger partial charge in [-0.3, -0.25) is 9.98 Å². The number of hydrogen-bond acceptors (Lipinski definition) is 6. The second-order valence-electron chi connectivity index (χ2n) is 7.01. The summed E-state index contributed by atoms with van der Waals surface area (Å²) in [5.41, 5.74) is 3.55. The summed E-state index contributed by atoms with van der Waals surface area (Å²) in [5.74, 6) is 0.857. The van der Waals surface area contributed by atoms with E-state index in [0.29, 0.717) is 11.6 Å². The number of pyridine rings is 1. The molecule has 0 spiro atoms. The van der Waals surface area contributed by atoms with Crippen LogP contribution < -0.4 is 4.90 Å². The molecule has 6 nitrogen and oxygen atoms in total. The molecule has 2 aliphatic rings. The van der Waals surface area contributed by atoms with Crippen molar-refractivity contribution in [2.24, 2.45) is 4.99 Å². The van der Waals surface area contributed by atoms with Crippen LogP contribution >= 0.6 is 11.6 Å². The molecule has 0 aromatic carbocycles. The summed E-state index contributed by atoms with van der Waals surface area (Å²) in [4.78, 5) is 20.5. The van der Waals surface area contributed by atoms with Crippen molar-refractivity contribution in [2.75, 3.05) is 18.0 Å². The molecule has 4 heterocycles. The number of anilines is 1. The van der Waals surface area contributed by atoms with Crippen LogP contribution in [0.2, 0.25) is 5.02 Å². The summed E-state index contributed by atoms with van der Waals surface area (Å²) in [6, 6.07) is 1.87. The van der Waals surface area contributed by atoms with Crippen molar-refractivity contribution in [3.63, 3.8) is 0 Å². The van der Waals surface area contributed by atoms with Crippen LogP contribution in [0.25, 0.3) is 0 Å². The van der Waals surface area contributed by atoms with E-state index < -0.39 is 5.60 Å². The van der Waals surface area contributed by atoms with E-state index in [4.69, 9.17) is 16.6 Å². The zero-order valence-electron chi connectivity index (χ0n) is 15.0. The Bertz CT molecular complexity index is 874. The lowest BCUT2D eigenvalue weighted by molar-refractivity contribution is 0.0124. The van der Waals surface area contributed by atoms with Gasteiger partial charge in [0.25, 0.3) is 0 Å². The predicted octanol–water partition coefficient (Wildman–Crippen LogP) is 2.93. The molecule has 1 fully saturated rings. The summed E-state index contributed by atoms with van der Waals surface area (Å²) in [6.45, 7) is 6.01. The summed E-state index contributed by atoms with van der Waals surface area (Å²) in [7, 11) is 0. The molecule has 2 aromatic heterocycles. The number of hydrogen-bond donors (Lipinski definition) is 1. The maximum Gasteiger partial charge on any atom is 0.147 e. The predicted molar refractivity (Wildman–Crippen MR) is 102 cm³/mol. The highest BCUT2D eigenvalue weighted by atomic mass is 35.5. The summed E-state index contributed by atoms with van der Waals surface area (Å²) in [5, 5.41) is 11.0. The fourth-order valence-electron chi connectivity index (χ4n) is 3.56. The number of rotatable bonds is 3. The molecule has 0 aliphatic carbocycles. The van der Waals surface area contributed by atoms with Gasteiger partial charge in [0, 0.05) is 24.8 Å². The number of aryl methyl sites for hydroxylation is 1. The average Bonchev–Trinajstić information content (AvgIpc) is 3.07. The molecule has 1 N–H and O–H groups in total. The molecular formula is C19H22ClN5O. The van der Waals surface area contributed by atoms with E-state index >= 15 is 0 Å². The molecular weight excluding hydrogens is 350 g/mol.